The Balaban J connectivity index is 1.53. The minimum absolute atomic E-state index is 0.450. The molecule has 0 fully saturated rings. The standard InChI is InChI=1S/C36H34/c1-26(2)24-36(35-19-11-18-34(27(35)3)31-14-8-5-9-15-31)33-17-10-16-32(25-33)30-22-20-29(21-23-30)28-12-6-4-7-13-28/h4,6-8,10-26H,5,9H2,1-3H3/b36-24-. The quantitative estimate of drug-likeness (QED) is 0.265. The van der Waals surface area contributed by atoms with Crippen molar-refractivity contribution < 1.29 is 0 Å². The first-order chi connectivity index (χ1) is 17.6. The van der Waals surface area contributed by atoms with E-state index in [0.29, 0.717) is 5.92 Å². The summed E-state index contributed by atoms with van der Waals surface area (Å²) in [5.74, 6) is 0.450. The summed E-state index contributed by atoms with van der Waals surface area (Å²) in [5, 5.41) is 0. The van der Waals surface area contributed by atoms with Gasteiger partial charge in [-0.3, -0.25) is 0 Å². The van der Waals surface area contributed by atoms with Crippen molar-refractivity contribution in [2.45, 2.75) is 33.6 Å². The van der Waals surface area contributed by atoms with E-state index >= 15 is 0 Å². The smallest absolute Gasteiger partial charge is 0.0146 e. The third-order valence-electron chi connectivity index (χ3n) is 6.93. The Morgan fingerprint density at radius 2 is 1.36 bits per heavy atom. The average molecular weight is 467 g/mol. The highest BCUT2D eigenvalue weighted by molar-refractivity contribution is 5.87. The largest absolute Gasteiger partial charge is 0.0836 e. The molecule has 178 valence electrons. The van der Waals surface area contributed by atoms with Gasteiger partial charge in [0.15, 0.2) is 0 Å². The zero-order valence-corrected chi connectivity index (χ0v) is 21.5. The van der Waals surface area contributed by atoms with Gasteiger partial charge in [0.05, 0.1) is 0 Å². The minimum Gasteiger partial charge on any atom is -0.0836 e. The number of hydrogen-bond donors (Lipinski definition) is 0. The molecule has 0 amide bonds. The van der Waals surface area contributed by atoms with Crippen LogP contribution in [0.5, 0.6) is 0 Å². The molecule has 5 rings (SSSR count). The second kappa shape index (κ2) is 10.8. The molecule has 0 aliphatic heterocycles. The summed E-state index contributed by atoms with van der Waals surface area (Å²) in [7, 11) is 0. The van der Waals surface area contributed by atoms with E-state index in [1.165, 1.54) is 55.7 Å². The Morgan fingerprint density at radius 1 is 0.694 bits per heavy atom. The normalized spacial score (nSPS) is 13.7. The van der Waals surface area contributed by atoms with Crippen molar-refractivity contribution >= 4 is 11.1 Å². The van der Waals surface area contributed by atoms with E-state index in [2.05, 4.69) is 142 Å². The van der Waals surface area contributed by atoms with Crippen molar-refractivity contribution in [1.82, 2.24) is 0 Å². The Hall–Kier alpha value is -3.90. The molecule has 0 atom stereocenters. The first-order valence-electron chi connectivity index (χ1n) is 13.1. The molecule has 36 heavy (non-hydrogen) atoms. The lowest BCUT2D eigenvalue weighted by Crippen LogP contribution is -1.99. The zero-order chi connectivity index (χ0) is 24.9. The average Bonchev–Trinajstić information content (AvgIpc) is 2.93. The van der Waals surface area contributed by atoms with E-state index in [0.717, 1.165) is 12.8 Å². The van der Waals surface area contributed by atoms with Crippen molar-refractivity contribution in [2.24, 2.45) is 5.92 Å². The lowest BCUT2D eigenvalue weighted by atomic mass is 9.86. The number of rotatable bonds is 6. The van der Waals surface area contributed by atoms with E-state index in [-0.39, 0.29) is 0 Å². The molecule has 0 N–H and O–H groups in total. The Bertz CT molecular complexity index is 1430. The SMILES string of the molecule is Cc1c(C2=CCCC=C2)cccc1/C(=C\C(C)C)c1cccc(-c2ccc(-c3ccccc3)cc2)c1. The molecule has 0 aromatic heterocycles. The van der Waals surface area contributed by atoms with Gasteiger partial charge in [-0.1, -0.05) is 129 Å². The second-order valence-corrected chi connectivity index (χ2v) is 9.97. The van der Waals surface area contributed by atoms with Crippen molar-refractivity contribution in [1.29, 1.82) is 0 Å². The lowest BCUT2D eigenvalue weighted by molar-refractivity contribution is 0.833. The van der Waals surface area contributed by atoms with Gasteiger partial charge in [0.25, 0.3) is 0 Å². The van der Waals surface area contributed by atoms with Crippen LogP contribution < -0.4 is 0 Å². The van der Waals surface area contributed by atoms with Crippen LogP contribution in [0.3, 0.4) is 0 Å². The molecular formula is C36H34. The molecule has 0 heteroatoms. The van der Waals surface area contributed by atoms with Crippen LogP contribution in [0, 0.1) is 12.8 Å². The van der Waals surface area contributed by atoms with Crippen LogP contribution in [0.2, 0.25) is 0 Å². The van der Waals surface area contributed by atoms with Crippen LogP contribution in [0.15, 0.2) is 121 Å². The van der Waals surface area contributed by atoms with Crippen LogP contribution in [0.1, 0.15) is 48.9 Å². The molecule has 0 saturated heterocycles. The van der Waals surface area contributed by atoms with Crippen LogP contribution in [-0.2, 0) is 0 Å². The molecule has 0 radical (unpaired) electrons. The van der Waals surface area contributed by atoms with Crippen molar-refractivity contribution in [2.75, 3.05) is 0 Å². The second-order valence-electron chi connectivity index (χ2n) is 9.97. The number of hydrogen-bond acceptors (Lipinski definition) is 0. The third-order valence-corrected chi connectivity index (χ3v) is 6.93. The molecular weight excluding hydrogens is 432 g/mol. The molecule has 0 heterocycles. The predicted octanol–water partition coefficient (Wildman–Crippen LogP) is 10.2. The van der Waals surface area contributed by atoms with Crippen molar-refractivity contribution in [3.05, 3.63) is 144 Å². The number of allylic oxidation sites excluding steroid dienone is 5. The first kappa shape index (κ1) is 23.8. The van der Waals surface area contributed by atoms with E-state index < -0.39 is 0 Å². The van der Waals surface area contributed by atoms with Gasteiger partial charge in [0, 0.05) is 0 Å². The summed E-state index contributed by atoms with van der Waals surface area (Å²) in [5.41, 5.74) is 12.9. The summed E-state index contributed by atoms with van der Waals surface area (Å²) >= 11 is 0. The summed E-state index contributed by atoms with van der Waals surface area (Å²) in [6.07, 6.45) is 11.6. The van der Waals surface area contributed by atoms with Crippen LogP contribution in [0.25, 0.3) is 33.4 Å². The fraction of sp³-hybridized carbons (Fsp3) is 0.167. The monoisotopic (exact) mass is 466 g/mol. The summed E-state index contributed by atoms with van der Waals surface area (Å²) in [6, 6.07) is 35.2. The lowest BCUT2D eigenvalue weighted by Gasteiger charge is -2.18. The van der Waals surface area contributed by atoms with Crippen LogP contribution in [-0.4, -0.2) is 0 Å². The summed E-state index contributed by atoms with van der Waals surface area (Å²) in [6.45, 7) is 6.80. The Morgan fingerprint density at radius 3 is 2.06 bits per heavy atom. The molecule has 1 aliphatic carbocycles. The maximum absolute atomic E-state index is 2.41. The topological polar surface area (TPSA) is 0 Å². The molecule has 0 spiro atoms. The minimum atomic E-state index is 0.450. The summed E-state index contributed by atoms with van der Waals surface area (Å²) < 4.78 is 0. The fourth-order valence-corrected chi connectivity index (χ4v) is 5.08. The highest BCUT2D eigenvalue weighted by atomic mass is 14.2. The van der Waals surface area contributed by atoms with Gasteiger partial charge in [-0.2, -0.15) is 0 Å². The van der Waals surface area contributed by atoms with Gasteiger partial charge >= 0.3 is 0 Å². The van der Waals surface area contributed by atoms with Gasteiger partial charge < -0.3 is 0 Å². The maximum Gasteiger partial charge on any atom is -0.0146 e. The van der Waals surface area contributed by atoms with E-state index in [1.54, 1.807) is 0 Å². The van der Waals surface area contributed by atoms with Gasteiger partial charge in [0.1, 0.15) is 0 Å². The molecule has 4 aromatic rings. The van der Waals surface area contributed by atoms with Gasteiger partial charge in [-0.15, -0.1) is 0 Å². The first-order valence-corrected chi connectivity index (χ1v) is 13.1. The maximum atomic E-state index is 2.41. The Kier molecular flexibility index (Phi) is 7.14. The van der Waals surface area contributed by atoms with E-state index in [9.17, 15) is 0 Å². The van der Waals surface area contributed by atoms with Crippen LogP contribution >= 0.6 is 0 Å². The fourth-order valence-electron chi connectivity index (χ4n) is 5.08. The van der Waals surface area contributed by atoms with Crippen LogP contribution in [0.4, 0.5) is 0 Å². The van der Waals surface area contributed by atoms with Gasteiger partial charge in [0.2, 0.25) is 0 Å². The molecule has 0 bridgehead atoms. The third kappa shape index (κ3) is 5.19. The molecule has 0 saturated carbocycles. The van der Waals surface area contributed by atoms with Gasteiger partial charge in [-0.05, 0) is 87.4 Å². The molecule has 0 unspecified atom stereocenters. The molecule has 1 aliphatic rings. The van der Waals surface area contributed by atoms with E-state index in [4.69, 9.17) is 0 Å². The van der Waals surface area contributed by atoms with E-state index in [1.807, 2.05) is 0 Å². The molecule has 4 aromatic carbocycles. The van der Waals surface area contributed by atoms with Gasteiger partial charge in [-0.25, -0.2) is 0 Å². The highest BCUT2D eigenvalue weighted by Gasteiger charge is 2.14. The predicted molar refractivity (Wildman–Crippen MR) is 157 cm³/mol. The zero-order valence-electron chi connectivity index (χ0n) is 21.5. The highest BCUT2D eigenvalue weighted by Crippen LogP contribution is 2.35. The summed E-state index contributed by atoms with van der Waals surface area (Å²) in [4.78, 5) is 0. The van der Waals surface area contributed by atoms with Crippen molar-refractivity contribution in [3.63, 3.8) is 0 Å². The Labute approximate surface area is 216 Å². The van der Waals surface area contributed by atoms with Crippen molar-refractivity contribution in [3.8, 4) is 22.3 Å². The number of benzene rings is 4. The molecule has 0 nitrogen and oxygen atoms in total.